The molecule has 0 aliphatic heterocycles. The zero-order valence-electron chi connectivity index (χ0n) is 9.67. The van der Waals surface area contributed by atoms with Gasteiger partial charge in [0.1, 0.15) is 5.82 Å². The number of nitrogens with one attached hydrogen (secondary N) is 1. The predicted octanol–water partition coefficient (Wildman–Crippen LogP) is 3.37. The molecule has 16 heavy (non-hydrogen) atoms. The van der Waals surface area contributed by atoms with Crippen LogP contribution in [0.2, 0.25) is 0 Å². The van der Waals surface area contributed by atoms with Gasteiger partial charge in [0.25, 0.3) is 0 Å². The molecule has 0 aromatic heterocycles. The van der Waals surface area contributed by atoms with E-state index in [1.165, 1.54) is 5.56 Å². The van der Waals surface area contributed by atoms with Gasteiger partial charge in [0.05, 0.1) is 0 Å². The fourth-order valence-corrected chi connectivity index (χ4v) is 2.29. The summed E-state index contributed by atoms with van der Waals surface area (Å²) in [5, 5.41) is 3.48. The van der Waals surface area contributed by atoms with Gasteiger partial charge in [-0.1, -0.05) is 18.2 Å². The lowest BCUT2D eigenvalue weighted by atomic mass is 10.1. The summed E-state index contributed by atoms with van der Waals surface area (Å²) in [4.78, 5) is 0. The van der Waals surface area contributed by atoms with Crippen LogP contribution in [-0.2, 0) is 6.42 Å². The molecule has 0 bridgehead atoms. The van der Waals surface area contributed by atoms with Crippen LogP contribution in [-0.4, -0.2) is 6.54 Å². The fourth-order valence-electron chi connectivity index (χ4n) is 2.29. The van der Waals surface area contributed by atoms with Crippen molar-refractivity contribution in [3.8, 4) is 0 Å². The zero-order valence-corrected chi connectivity index (χ0v) is 9.67. The molecule has 1 aliphatic carbocycles. The van der Waals surface area contributed by atoms with E-state index >= 15 is 0 Å². The standard InChI is InChI=1S/C14H18FN/c1-2-3-4-9-16-14-8-6-11-5-7-12(15)10-13(11)14/h2-3,5,7,10,14,16H,4,6,8-9H2,1H3/b3-2+. The molecule has 0 radical (unpaired) electrons. The molecule has 1 N–H and O–H groups in total. The van der Waals surface area contributed by atoms with Crippen molar-refractivity contribution in [3.05, 3.63) is 47.3 Å². The van der Waals surface area contributed by atoms with Crippen molar-refractivity contribution in [3.63, 3.8) is 0 Å². The topological polar surface area (TPSA) is 12.0 Å². The summed E-state index contributed by atoms with van der Waals surface area (Å²) >= 11 is 0. The van der Waals surface area contributed by atoms with Gasteiger partial charge < -0.3 is 5.32 Å². The number of rotatable bonds is 4. The Labute approximate surface area is 96.4 Å². The molecule has 0 saturated carbocycles. The van der Waals surface area contributed by atoms with Crippen LogP contribution >= 0.6 is 0 Å². The van der Waals surface area contributed by atoms with E-state index in [1.807, 2.05) is 13.0 Å². The minimum absolute atomic E-state index is 0.124. The number of aryl methyl sites for hydroxylation is 1. The van der Waals surface area contributed by atoms with Crippen LogP contribution in [0, 0.1) is 5.82 Å². The molecule has 86 valence electrons. The third-order valence-corrected chi connectivity index (χ3v) is 3.12. The van der Waals surface area contributed by atoms with Crippen LogP contribution in [0.5, 0.6) is 0 Å². The Morgan fingerprint density at radius 1 is 1.50 bits per heavy atom. The minimum Gasteiger partial charge on any atom is -0.310 e. The molecule has 2 rings (SSSR count). The molecular weight excluding hydrogens is 201 g/mol. The molecule has 0 heterocycles. The summed E-state index contributed by atoms with van der Waals surface area (Å²) in [6.07, 6.45) is 7.40. The Balaban J connectivity index is 1.97. The van der Waals surface area contributed by atoms with Crippen molar-refractivity contribution in [2.45, 2.75) is 32.2 Å². The average Bonchev–Trinajstić information content (AvgIpc) is 2.67. The summed E-state index contributed by atoms with van der Waals surface area (Å²) < 4.78 is 13.1. The third kappa shape index (κ3) is 2.50. The van der Waals surface area contributed by atoms with Gasteiger partial charge in [-0.25, -0.2) is 4.39 Å². The van der Waals surface area contributed by atoms with Gasteiger partial charge in [-0.05, 0) is 56.0 Å². The SMILES string of the molecule is C/C=C/CCNC1CCc2ccc(F)cc21. The van der Waals surface area contributed by atoms with Crippen molar-refractivity contribution in [1.82, 2.24) is 5.32 Å². The van der Waals surface area contributed by atoms with E-state index in [0.717, 1.165) is 31.4 Å². The monoisotopic (exact) mass is 219 g/mol. The molecular formula is C14H18FN. The van der Waals surface area contributed by atoms with E-state index in [-0.39, 0.29) is 5.82 Å². The zero-order chi connectivity index (χ0) is 11.4. The Morgan fingerprint density at radius 3 is 3.19 bits per heavy atom. The molecule has 0 amide bonds. The third-order valence-electron chi connectivity index (χ3n) is 3.12. The lowest BCUT2D eigenvalue weighted by molar-refractivity contribution is 0.533. The molecule has 1 aromatic carbocycles. The van der Waals surface area contributed by atoms with Crippen LogP contribution in [0.15, 0.2) is 30.4 Å². The number of hydrogen-bond donors (Lipinski definition) is 1. The van der Waals surface area contributed by atoms with Crippen molar-refractivity contribution in [2.75, 3.05) is 6.54 Å². The molecule has 1 atom stereocenters. The first-order valence-corrected chi connectivity index (χ1v) is 5.94. The quantitative estimate of drug-likeness (QED) is 0.604. The van der Waals surface area contributed by atoms with Crippen molar-refractivity contribution in [1.29, 1.82) is 0 Å². The van der Waals surface area contributed by atoms with Crippen LogP contribution < -0.4 is 5.32 Å². The Kier molecular flexibility index (Phi) is 3.73. The van der Waals surface area contributed by atoms with Gasteiger partial charge in [0.15, 0.2) is 0 Å². The highest BCUT2D eigenvalue weighted by Gasteiger charge is 2.21. The van der Waals surface area contributed by atoms with Gasteiger partial charge in [-0.3, -0.25) is 0 Å². The van der Waals surface area contributed by atoms with E-state index in [2.05, 4.69) is 17.5 Å². The Bertz CT molecular complexity index is 384. The van der Waals surface area contributed by atoms with Gasteiger partial charge in [0, 0.05) is 6.04 Å². The van der Waals surface area contributed by atoms with Gasteiger partial charge in [0.2, 0.25) is 0 Å². The van der Waals surface area contributed by atoms with Gasteiger partial charge in [-0.2, -0.15) is 0 Å². The second-order valence-electron chi connectivity index (χ2n) is 4.25. The van der Waals surface area contributed by atoms with Gasteiger partial charge in [-0.15, -0.1) is 0 Å². The Morgan fingerprint density at radius 2 is 2.38 bits per heavy atom. The first-order chi connectivity index (χ1) is 7.81. The summed E-state index contributed by atoms with van der Waals surface area (Å²) in [7, 11) is 0. The summed E-state index contributed by atoms with van der Waals surface area (Å²) in [6, 6.07) is 5.49. The predicted molar refractivity (Wildman–Crippen MR) is 64.9 cm³/mol. The van der Waals surface area contributed by atoms with E-state index in [0.29, 0.717) is 6.04 Å². The Hall–Kier alpha value is -1.15. The largest absolute Gasteiger partial charge is 0.310 e. The van der Waals surface area contributed by atoms with Gasteiger partial charge >= 0.3 is 0 Å². The number of halogens is 1. The normalized spacial score (nSPS) is 19.2. The van der Waals surface area contributed by atoms with Crippen molar-refractivity contribution in [2.24, 2.45) is 0 Å². The maximum atomic E-state index is 13.1. The lowest BCUT2D eigenvalue weighted by Gasteiger charge is -2.13. The van der Waals surface area contributed by atoms with Crippen molar-refractivity contribution < 1.29 is 4.39 Å². The van der Waals surface area contributed by atoms with Crippen LogP contribution in [0.1, 0.15) is 36.9 Å². The van der Waals surface area contributed by atoms with Crippen LogP contribution in [0.25, 0.3) is 0 Å². The number of benzene rings is 1. The summed E-state index contributed by atoms with van der Waals surface area (Å²) in [5.74, 6) is -0.124. The number of fused-ring (bicyclic) bond motifs is 1. The molecule has 0 spiro atoms. The molecule has 0 fully saturated rings. The number of allylic oxidation sites excluding steroid dienone is 1. The maximum absolute atomic E-state index is 13.1. The first kappa shape index (κ1) is 11.3. The smallest absolute Gasteiger partial charge is 0.123 e. The second kappa shape index (κ2) is 5.26. The second-order valence-corrected chi connectivity index (χ2v) is 4.25. The van der Waals surface area contributed by atoms with E-state index in [9.17, 15) is 4.39 Å². The van der Waals surface area contributed by atoms with E-state index in [4.69, 9.17) is 0 Å². The van der Waals surface area contributed by atoms with Crippen LogP contribution in [0.3, 0.4) is 0 Å². The highest BCUT2D eigenvalue weighted by Crippen LogP contribution is 2.31. The molecule has 1 aliphatic rings. The molecule has 2 heteroatoms. The minimum atomic E-state index is -0.124. The summed E-state index contributed by atoms with van der Waals surface area (Å²) in [5.41, 5.74) is 2.45. The highest BCUT2D eigenvalue weighted by molar-refractivity contribution is 5.34. The molecule has 1 unspecified atom stereocenters. The van der Waals surface area contributed by atoms with Crippen LogP contribution in [0.4, 0.5) is 4.39 Å². The average molecular weight is 219 g/mol. The molecule has 1 nitrogen and oxygen atoms in total. The molecule has 1 aromatic rings. The first-order valence-electron chi connectivity index (χ1n) is 5.94. The van der Waals surface area contributed by atoms with Crippen molar-refractivity contribution >= 4 is 0 Å². The van der Waals surface area contributed by atoms with E-state index in [1.54, 1.807) is 12.1 Å². The maximum Gasteiger partial charge on any atom is 0.123 e. The summed E-state index contributed by atoms with van der Waals surface area (Å²) in [6.45, 7) is 2.99. The highest BCUT2D eigenvalue weighted by atomic mass is 19.1. The van der Waals surface area contributed by atoms with E-state index < -0.39 is 0 Å². The number of hydrogen-bond acceptors (Lipinski definition) is 1. The lowest BCUT2D eigenvalue weighted by Crippen LogP contribution is -2.20. The molecule has 0 saturated heterocycles. The fraction of sp³-hybridized carbons (Fsp3) is 0.429.